The highest BCUT2D eigenvalue weighted by Gasteiger charge is 2.20. The molecular weight excluding hydrogens is 224 g/mol. The molecule has 0 saturated carbocycles. The predicted molar refractivity (Wildman–Crippen MR) is 80.2 cm³/mol. The Bertz CT molecular complexity index is 184. The van der Waals surface area contributed by atoms with Gasteiger partial charge in [-0.05, 0) is 40.5 Å². The Morgan fingerprint density at radius 1 is 0.722 bits per heavy atom. The smallest absolute Gasteiger partial charge is 0.0571 e. The van der Waals surface area contributed by atoms with Crippen LogP contribution in [0.3, 0.4) is 0 Å². The lowest BCUT2D eigenvalue weighted by Crippen LogP contribution is -2.53. The molecule has 0 heterocycles. The molecule has 0 fully saturated rings. The van der Waals surface area contributed by atoms with E-state index in [1.165, 1.54) is 0 Å². The molecule has 18 heavy (non-hydrogen) atoms. The van der Waals surface area contributed by atoms with E-state index < -0.39 is 0 Å². The molecule has 0 aliphatic rings. The second-order valence-corrected chi connectivity index (χ2v) is 5.61. The second kappa shape index (κ2) is 8.86. The van der Waals surface area contributed by atoms with Crippen LogP contribution < -0.4 is 11.5 Å². The summed E-state index contributed by atoms with van der Waals surface area (Å²) in [6.45, 7) is 15.1. The Morgan fingerprint density at radius 3 is 1.17 bits per heavy atom. The van der Waals surface area contributed by atoms with E-state index >= 15 is 0 Å². The van der Waals surface area contributed by atoms with Gasteiger partial charge in [0.15, 0.2) is 0 Å². The molecule has 0 rings (SSSR count). The van der Waals surface area contributed by atoms with E-state index in [2.05, 4.69) is 51.3 Å². The van der Waals surface area contributed by atoms with E-state index in [0.29, 0.717) is 12.1 Å². The van der Waals surface area contributed by atoms with Crippen LogP contribution in [0.4, 0.5) is 0 Å². The van der Waals surface area contributed by atoms with Crippen molar-refractivity contribution in [2.45, 2.75) is 78.8 Å². The molecule has 0 bridgehead atoms. The van der Waals surface area contributed by atoms with Crippen LogP contribution in [-0.2, 0) is 0 Å². The number of hydrogen-bond acceptors (Lipinski definition) is 4. The SMILES string of the molecule is CCC(N)N(CCN(C(C)C)C(N)CC)C(C)C. The van der Waals surface area contributed by atoms with E-state index in [9.17, 15) is 0 Å². The van der Waals surface area contributed by atoms with Crippen molar-refractivity contribution in [2.24, 2.45) is 11.5 Å². The zero-order chi connectivity index (χ0) is 14.3. The van der Waals surface area contributed by atoms with Gasteiger partial charge in [-0.1, -0.05) is 13.8 Å². The van der Waals surface area contributed by atoms with Crippen molar-refractivity contribution >= 4 is 0 Å². The van der Waals surface area contributed by atoms with E-state index in [-0.39, 0.29) is 12.3 Å². The van der Waals surface area contributed by atoms with E-state index in [4.69, 9.17) is 11.5 Å². The molecule has 4 heteroatoms. The molecule has 0 spiro atoms. The van der Waals surface area contributed by atoms with Crippen molar-refractivity contribution in [3.8, 4) is 0 Å². The summed E-state index contributed by atoms with van der Waals surface area (Å²) in [5.41, 5.74) is 12.3. The maximum absolute atomic E-state index is 6.17. The highest BCUT2D eigenvalue weighted by Crippen LogP contribution is 2.09. The van der Waals surface area contributed by atoms with Gasteiger partial charge in [0.25, 0.3) is 0 Å². The van der Waals surface area contributed by atoms with Crippen molar-refractivity contribution in [3.63, 3.8) is 0 Å². The molecule has 2 unspecified atom stereocenters. The van der Waals surface area contributed by atoms with Crippen LogP contribution in [-0.4, -0.2) is 47.3 Å². The molecule has 0 saturated heterocycles. The molecule has 110 valence electrons. The first-order chi connectivity index (χ1) is 8.34. The first-order valence-electron chi connectivity index (χ1n) is 7.37. The molecule has 4 N–H and O–H groups in total. The topological polar surface area (TPSA) is 58.5 Å². The Kier molecular flexibility index (Phi) is 8.78. The van der Waals surface area contributed by atoms with Crippen LogP contribution in [0.1, 0.15) is 54.4 Å². The quantitative estimate of drug-likeness (QED) is 0.619. The second-order valence-electron chi connectivity index (χ2n) is 5.61. The van der Waals surface area contributed by atoms with Gasteiger partial charge < -0.3 is 11.5 Å². The molecule has 2 atom stereocenters. The summed E-state index contributed by atoms with van der Waals surface area (Å²) in [6, 6.07) is 0.957. The van der Waals surface area contributed by atoms with Crippen LogP contribution in [0.15, 0.2) is 0 Å². The molecule has 0 aliphatic heterocycles. The first kappa shape index (κ1) is 17.8. The normalized spacial score (nSPS) is 16.0. The van der Waals surface area contributed by atoms with E-state index in [1.54, 1.807) is 0 Å². The van der Waals surface area contributed by atoms with Crippen molar-refractivity contribution in [1.29, 1.82) is 0 Å². The largest absolute Gasteiger partial charge is 0.316 e. The van der Waals surface area contributed by atoms with Crippen LogP contribution in [0.25, 0.3) is 0 Å². The molecule has 0 aromatic heterocycles. The van der Waals surface area contributed by atoms with Crippen LogP contribution >= 0.6 is 0 Å². The van der Waals surface area contributed by atoms with Gasteiger partial charge in [0.1, 0.15) is 0 Å². The lowest BCUT2D eigenvalue weighted by atomic mass is 10.2. The van der Waals surface area contributed by atoms with Crippen molar-refractivity contribution in [2.75, 3.05) is 13.1 Å². The van der Waals surface area contributed by atoms with E-state index in [0.717, 1.165) is 25.9 Å². The lowest BCUT2D eigenvalue weighted by Gasteiger charge is -2.37. The molecule has 0 radical (unpaired) electrons. The summed E-state index contributed by atoms with van der Waals surface area (Å²) in [5.74, 6) is 0. The maximum atomic E-state index is 6.17. The Labute approximate surface area is 114 Å². The van der Waals surface area contributed by atoms with Gasteiger partial charge in [-0.25, -0.2) is 0 Å². The highest BCUT2D eigenvalue weighted by atomic mass is 15.3. The fourth-order valence-electron chi connectivity index (χ4n) is 2.31. The zero-order valence-electron chi connectivity index (χ0n) is 13.2. The van der Waals surface area contributed by atoms with Crippen molar-refractivity contribution in [3.05, 3.63) is 0 Å². The average molecular weight is 258 g/mol. The minimum Gasteiger partial charge on any atom is -0.316 e. The molecular formula is C14H34N4. The highest BCUT2D eigenvalue weighted by molar-refractivity contribution is 4.74. The standard InChI is InChI=1S/C14H34N4/c1-7-13(15)17(11(3)4)9-10-18(12(5)6)14(16)8-2/h11-14H,7-10,15-16H2,1-6H3. The number of hydrogen-bond donors (Lipinski definition) is 2. The fraction of sp³-hybridized carbons (Fsp3) is 1.00. The monoisotopic (exact) mass is 258 g/mol. The molecule has 0 aromatic rings. The van der Waals surface area contributed by atoms with Gasteiger partial charge in [0.05, 0.1) is 12.3 Å². The summed E-state index contributed by atoms with van der Waals surface area (Å²) in [4.78, 5) is 4.72. The Morgan fingerprint density at radius 2 is 1.00 bits per heavy atom. The lowest BCUT2D eigenvalue weighted by molar-refractivity contribution is 0.0915. The fourth-order valence-corrected chi connectivity index (χ4v) is 2.31. The van der Waals surface area contributed by atoms with Gasteiger partial charge in [0.2, 0.25) is 0 Å². The van der Waals surface area contributed by atoms with Gasteiger partial charge >= 0.3 is 0 Å². The summed E-state index contributed by atoms with van der Waals surface area (Å²) in [7, 11) is 0. The molecule has 0 aliphatic carbocycles. The van der Waals surface area contributed by atoms with Crippen molar-refractivity contribution in [1.82, 2.24) is 9.80 Å². The number of nitrogens with zero attached hydrogens (tertiary/aromatic N) is 2. The molecule has 4 nitrogen and oxygen atoms in total. The van der Waals surface area contributed by atoms with Crippen molar-refractivity contribution < 1.29 is 0 Å². The number of nitrogens with two attached hydrogens (primary N) is 2. The average Bonchev–Trinajstić information content (AvgIpc) is 2.31. The summed E-state index contributed by atoms with van der Waals surface area (Å²) >= 11 is 0. The van der Waals surface area contributed by atoms with Crippen LogP contribution in [0.5, 0.6) is 0 Å². The third-order valence-corrected chi connectivity index (χ3v) is 3.63. The summed E-state index contributed by atoms with van der Waals surface area (Å²) in [5, 5.41) is 0. The maximum Gasteiger partial charge on any atom is 0.0571 e. The third kappa shape index (κ3) is 5.65. The van der Waals surface area contributed by atoms with Gasteiger partial charge in [-0.2, -0.15) is 0 Å². The summed E-state index contributed by atoms with van der Waals surface area (Å²) < 4.78 is 0. The minimum atomic E-state index is 0.150. The molecule has 0 amide bonds. The predicted octanol–water partition coefficient (Wildman–Crippen LogP) is 1.80. The van der Waals surface area contributed by atoms with Gasteiger partial charge in [-0.3, -0.25) is 9.80 Å². The summed E-state index contributed by atoms with van der Waals surface area (Å²) in [6.07, 6.45) is 2.27. The Hall–Kier alpha value is -0.160. The molecule has 0 aromatic carbocycles. The van der Waals surface area contributed by atoms with Gasteiger partial charge in [0, 0.05) is 25.2 Å². The zero-order valence-corrected chi connectivity index (χ0v) is 13.2. The first-order valence-corrected chi connectivity index (χ1v) is 7.37. The Balaban J connectivity index is 4.46. The van der Waals surface area contributed by atoms with Crippen LogP contribution in [0.2, 0.25) is 0 Å². The van der Waals surface area contributed by atoms with Gasteiger partial charge in [-0.15, -0.1) is 0 Å². The third-order valence-electron chi connectivity index (χ3n) is 3.63. The minimum absolute atomic E-state index is 0.150. The number of rotatable bonds is 9. The van der Waals surface area contributed by atoms with Crippen LogP contribution in [0, 0.1) is 0 Å². The van der Waals surface area contributed by atoms with E-state index in [1.807, 2.05) is 0 Å².